The summed E-state index contributed by atoms with van der Waals surface area (Å²) in [7, 11) is 0. The molecule has 0 atom stereocenters. The third-order valence-electron chi connectivity index (χ3n) is 2.10. The first-order valence-corrected chi connectivity index (χ1v) is 7.89. The van der Waals surface area contributed by atoms with Crippen LogP contribution in [0.25, 0.3) is 0 Å². The maximum atomic E-state index is 13.5. The zero-order valence-corrected chi connectivity index (χ0v) is 14.0. The molecule has 1 heterocycles. The first kappa shape index (κ1) is 13.5. The molecule has 0 unspecified atom stereocenters. The third-order valence-corrected chi connectivity index (χ3v) is 6.02. The Balaban J connectivity index is 2.12. The van der Waals surface area contributed by atoms with Crippen LogP contribution in [0.2, 0.25) is 0 Å². The van der Waals surface area contributed by atoms with Crippen molar-refractivity contribution < 1.29 is 4.39 Å². The van der Waals surface area contributed by atoms with Crippen molar-refractivity contribution in [2.45, 2.75) is 6.54 Å². The topological polar surface area (TPSA) is 12.0 Å². The van der Waals surface area contributed by atoms with Crippen LogP contribution in [0.4, 0.5) is 10.1 Å². The molecule has 0 aliphatic heterocycles. The summed E-state index contributed by atoms with van der Waals surface area (Å²) >= 11 is 11.8. The van der Waals surface area contributed by atoms with Gasteiger partial charge < -0.3 is 5.32 Å². The van der Waals surface area contributed by atoms with Gasteiger partial charge in [0.25, 0.3) is 0 Å². The predicted molar refractivity (Wildman–Crippen MR) is 81.1 cm³/mol. The van der Waals surface area contributed by atoms with Gasteiger partial charge >= 0.3 is 0 Å². The number of hydrogen-bond acceptors (Lipinski definition) is 2. The minimum atomic E-state index is -0.255. The molecule has 2 rings (SSSR count). The van der Waals surface area contributed by atoms with E-state index in [9.17, 15) is 4.39 Å². The molecule has 1 nitrogen and oxygen atoms in total. The van der Waals surface area contributed by atoms with Crippen molar-refractivity contribution in [3.8, 4) is 0 Å². The SMILES string of the molecule is Fc1cccc(Br)c1NCc1cc(Br)c(Br)s1. The summed E-state index contributed by atoms with van der Waals surface area (Å²) in [4.78, 5) is 1.12. The van der Waals surface area contributed by atoms with E-state index in [-0.39, 0.29) is 5.82 Å². The lowest BCUT2D eigenvalue weighted by Crippen LogP contribution is -2.00. The van der Waals surface area contributed by atoms with E-state index in [1.807, 2.05) is 12.1 Å². The van der Waals surface area contributed by atoms with Gasteiger partial charge in [-0.05, 0) is 66.0 Å². The fraction of sp³-hybridized carbons (Fsp3) is 0.0909. The molecule has 1 aromatic heterocycles. The van der Waals surface area contributed by atoms with E-state index in [1.165, 1.54) is 6.07 Å². The van der Waals surface area contributed by atoms with Crippen LogP contribution in [0.15, 0.2) is 37.0 Å². The van der Waals surface area contributed by atoms with Crippen LogP contribution >= 0.6 is 59.1 Å². The second-order valence-electron chi connectivity index (χ2n) is 3.28. The third kappa shape index (κ3) is 3.30. The molecule has 0 saturated carbocycles. The number of thiophene rings is 1. The number of para-hydroxylation sites is 1. The van der Waals surface area contributed by atoms with Gasteiger partial charge in [-0.15, -0.1) is 11.3 Å². The summed E-state index contributed by atoms with van der Waals surface area (Å²) in [6.45, 7) is 0.592. The summed E-state index contributed by atoms with van der Waals surface area (Å²) in [5.74, 6) is -0.255. The molecule has 1 aromatic carbocycles. The van der Waals surface area contributed by atoms with Crippen LogP contribution in [0.3, 0.4) is 0 Å². The molecule has 17 heavy (non-hydrogen) atoms. The summed E-state index contributed by atoms with van der Waals surface area (Å²) < 4.78 is 16.3. The fourth-order valence-corrected chi connectivity index (χ4v) is 3.92. The Morgan fingerprint density at radius 1 is 1.18 bits per heavy atom. The van der Waals surface area contributed by atoms with Gasteiger partial charge in [-0.2, -0.15) is 0 Å². The molecule has 6 heteroatoms. The van der Waals surface area contributed by atoms with E-state index in [1.54, 1.807) is 17.4 Å². The summed E-state index contributed by atoms with van der Waals surface area (Å²) in [6, 6.07) is 6.93. The van der Waals surface area contributed by atoms with Crippen LogP contribution in [-0.4, -0.2) is 0 Å². The first-order chi connectivity index (χ1) is 8.08. The summed E-state index contributed by atoms with van der Waals surface area (Å²) in [5.41, 5.74) is 0.494. The van der Waals surface area contributed by atoms with E-state index < -0.39 is 0 Å². The Labute approximate surface area is 128 Å². The Bertz CT molecular complexity index is 502. The van der Waals surface area contributed by atoms with Crippen molar-refractivity contribution in [1.82, 2.24) is 0 Å². The van der Waals surface area contributed by atoms with E-state index in [2.05, 4.69) is 53.1 Å². The number of hydrogen-bond donors (Lipinski definition) is 1. The molecule has 0 spiro atoms. The molecule has 2 aromatic rings. The van der Waals surface area contributed by atoms with Crippen molar-refractivity contribution in [2.24, 2.45) is 0 Å². The van der Waals surface area contributed by atoms with Gasteiger partial charge in [0.05, 0.1) is 9.47 Å². The van der Waals surface area contributed by atoms with Crippen LogP contribution in [0, 0.1) is 5.82 Å². The van der Waals surface area contributed by atoms with Gasteiger partial charge in [-0.25, -0.2) is 4.39 Å². The summed E-state index contributed by atoms with van der Waals surface area (Å²) in [6.07, 6.45) is 0. The largest absolute Gasteiger partial charge is 0.377 e. The average molecular weight is 444 g/mol. The summed E-state index contributed by atoms with van der Waals surface area (Å²) in [5, 5.41) is 3.08. The molecule has 1 N–H and O–H groups in total. The van der Waals surface area contributed by atoms with E-state index in [4.69, 9.17) is 0 Å². The van der Waals surface area contributed by atoms with Crippen LogP contribution in [0.5, 0.6) is 0 Å². The van der Waals surface area contributed by atoms with Crippen LogP contribution in [0.1, 0.15) is 4.88 Å². The lowest BCUT2D eigenvalue weighted by atomic mass is 10.3. The second-order valence-corrected chi connectivity index (χ2v) is 7.45. The Hall–Kier alpha value is 0.0900. The van der Waals surface area contributed by atoms with Crippen molar-refractivity contribution in [3.05, 3.63) is 47.7 Å². The van der Waals surface area contributed by atoms with E-state index in [0.717, 1.165) is 17.6 Å². The number of halogens is 4. The van der Waals surface area contributed by atoms with Crippen molar-refractivity contribution in [2.75, 3.05) is 5.32 Å². The molecule has 90 valence electrons. The molecule has 0 amide bonds. The zero-order valence-electron chi connectivity index (χ0n) is 8.44. The van der Waals surface area contributed by atoms with Crippen molar-refractivity contribution in [1.29, 1.82) is 0 Å². The number of rotatable bonds is 3. The van der Waals surface area contributed by atoms with Gasteiger partial charge in [0.15, 0.2) is 0 Å². The number of anilines is 1. The smallest absolute Gasteiger partial charge is 0.147 e. The van der Waals surface area contributed by atoms with Crippen molar-refractivity contribution in [3.63, 3.8) is 0 Å². The molecule has 0 bridgehead atoms. The van der Waals surface area contributed by atoms with Crippen molar-refractivity contribution >= 4 is 64.8 Å². The van der Waals surface area contributed by atoms with Gasteiger partial charge in [0, 0.05) is 20.4 Å². The number of nitrogens with one attached hydrogen (secondary N) is 1. The van der Waals surface area contributed by atoms with Crippen LogP contribution < -0.4 is 5.32 Å². The molecule has 0 saturated heterocycles. The molecular weight excluding hydrogens is 437 g/mol. The predicted octanol–water partition coefficient (Wildman–Crippen LogP) is 5.79. The lowest BCUT2D eigenvalue weighted by molar-refractivity contribution is 0.629. The van der Waals surface area contributed by atoms with E-state index >= 15 is 0 Å². The zero-order chi connectivity index (χ0) is 12.4. The van der Waals surface area contributed by atoms with Gasteiger partial charge in [-0.3, -0.25) is 0 Å². The molecule has 0 fully saturated rings. The minimum absolute atomic E-state index is 0.255. The monoisotopic (exact) mass is 441 g/mol. The highest BCUT2D eigenvalue weighted by Crippen LogP contribution is 2.33. The highest BCUT2D eigenvalue weighted by molar-refractivity contribution is 9.13. The fourth-order valence-electron chi connectivity index (χ4n) is 1.32. The Morgan fingerprint density at radius 2 is 1.94 bits per heavy atom. The van der Waals surface area contributed by atoms with Gasteiger partial charge in [-0.1, -0.05) is 6.07 Å². The first-order valence-electron chi connectivity index (χ1n) is 4.69. The molecule has 0 radical (unpaired) electrons. The normalized spacial score (nSPS) is 10.6. The maximum Gasteiger partial charge on any atom is 0.147 e. The molecule has 0 aliphatic rings. The molecule has 0 aliphatic carbocycles. The second kappa shape index (κ2) is 5.82. The Kier molecular flexibility index (Phi) is 4.63. The van der Waals surface area contributed by atoms with Crippen LogP contribution in [-0.2, 0) is 6.54 Å². The maximum absolute atomic E-state index is 13.5. The molecular formula is C11H7Br3FNS. The Morgan fingerprint density at radius 3 is 2.53 bits per heavy atom. The number of benzene rings is 1. The van der Waals surface area contributed by atoms with Gasteiger partial charge in [0.2, 0.25) is 0 Å². The highest BCUT2D eigenvalue weighted by atomic mass is 79.9. The minimum Gasteiger partial charge on any atom is -0.377 e. The lowest BCUT2D eigenvalue weighted by Gasteiger charge is -2.08. The quantitative estimate of drug-likeness (QED) is 0.633. The standard InChI is InChI=1S/C11H7Br3FNS/c12-7-2-1-3-9(15)10(7)16-5-6-4-8(13)11(14)17-6/h1-4,16H,5H2. The van der Waals surface area contributed by atoms with E-state index in [0.29, 0.717) is 12.2 Å². The average Bonchev–Trinajstić information content (AvgIpc) is 2.58. The van der Waals surface area contributed by atoms with Gasteiger partial charge in [0.1, 0.15) is 5.82 Å². The highest BCUT2D eigenvalue weighted by Gasteiger charge is 2.08.